The molecule has 3 aromatic heterocycles. The number of hydrogen-bond acceptors (Lipinski definition) is 4. The van der Waals surface area contributed by atoms with Gasteiger partial charge in [-0.05, 0) is 38.5 Å². The van der Waals surface area contributed by atoms with Crippen LogP contribution in [-0.4, -0.2) is 19.6 Å². The van der Waals surface area contributed by atoms with E-state index >= 15 is 0 Å². The summed E-state index contributed by atoms with van der Waals surface area (Å²) in [5.74, 6) is 6.22. The molecule has 3 rings (SSSR count). The molecule has 96 valence electrons. The topological polar surface area (TPSA) is 69.6 Å². The summed E-state index contributed by atoms with van der Waals surface area (Å²) in [7, 11) is 0. The second-order valence-electron chi connectivity index (χ2n) is 4.68. The second-order valence-corrected chi connectivity index (χ2v) is 4.68. The van der Waals surface area contributed by atoms with Crippen LogP contribution in [-0.2, 0) is 0 Å². The van der Waals surface area contributed by atoms with Gasteiger partial charge in [0.1, 0.15) is 6.33 Å². The quantitative estimate of drug-likeness (QED) is 0.674. The lowest BCUT2D eigenvalue weighted by Gasteiger charge is -2.05. The van der Waals surface area contributed by atoms with Crippen molar-refractivity contribution in [3.05, 3.63) is 41.6 Å². The van der Waals surface area contributed by atoms with Crippen LogP contribution >= 0.6 is 0 Å². The Balaban J connectivity index is 2.39. The van der Waals surface area contributed by atoms with Gasteiger partial charge in [-0.25, -0.2) is 9.97 Å². The highest BCUT2D eigenvalue weighted by molar-refractivity contribution is 5.92. The first-order chi connectivity index (χ1) is 9.09. The van der Waals surface area contributed by atoms with E-state index < -0.39 is 0 Å². The van der Waals surface area contributed by atoms with Crippen molar-refractivity contribution in [3.63, 3.8) is 0 Å². The van der Waals surface area contributed by atoms with Crippen LogP contribution in [0.1, 0.15) is 17.0 Å². The van der Waals surface area contributed by atoms with Gasteiger partial charge in [0.05, 0.1) is 16.9 Å². The van der Waals surface area contributed by atoms with E-state index in [0.717, 1.165) is 39.2 Å². The summed E-state index contributed by atoms with van der Waals surface area (Å²) in [5, 5.41) is 1.09. The molecule has 0 aliphatic heterocycles. The van der Waals surface area contributed by atoms with E-state index in [0.29, 0.717) is 0 Å². The Kier molecular flexibility index (Phi) is 2.48. The number of aromatic nitrogens is 4. The molecular weight excluding hydrogens is 238 g/mol. The van der Waals surface area contributed by atoms with Gasteiger partial charge in [-0.2, -0.15) is 0 Å². The predicted octanol–water partition coefficient (Wildman–Crippen LogP) is 2.13. The zero-order valence-electron chi connectivity index (χ0n) is 11.2. The summed E-state index contributed by atoms with van der Waals surface area (Å²) in [4.78, 5) is 12.8. The lowest BCUT2D eigenvalue weighted by Crippen LogP contribution is -2.10. The molecule has 0 saturated carbocycles. The van der Waals surface area contributed by atoms with E-state index in [1.54, 1.807) is 17.2 Å². The Morgan fingerprint density at radius 1 is 1.11 bits per heavy atom. The third-order valence-electron chi connectivity index (χ3n) is 3.40. The Bertz CT molecular complexity index is 773. The molecule has 0 aromatic carbocycles. The Hall–Kier alpha value is -2.43. The molecule has 0 aliphatic carbocycles. The summed E-state index contributed by atoms with van der Waals surface area (Å²) in [6, 6.07) is 3.86. The van der Waals surface area contributed by atoms with Crippen LogP contribution in [0.2, 0.25) is 0 Å². The third kappa shape index (κ3) is 1.66. The van der Waals surface area contributed by atoms with Gasteiger partial charge < -0.3 is 5.84 Å². The van der Waals surface area contributed by atoms with Crippen molar-refractivity contribution in [2.75, 3.05) is 5.84 Å². The first-order valence-electron chi connectivity index (χ1n) is 6.10. The zero-order valence-corrected chi connectivity index (χ0v) is 11.2. The SMILES string of the molecule is Cc1cc(-c2c(C)c3c(C)nccc3n2N)ncn1. The van der Waals surface area contributed by atoms with Gasteiger partial charge in [0.2, 0.25) is 0 Å². The molecule has 0 fully saturated rings. The van der Waals surface area contributed by atoms with Gasteiger partial charge in [-0.15, -0.1) is 0 Å². The monoisotopic (exact) mass is 253 g/mol. The first kappa shape index (κ1) is 11.6. The largest absolute Gasteiger partial charge is 0.338 e. The number of fused-ring (bicyclic) bond motifs is 1. The van der Waals surface area contributed by atoms with E-state index in [1.807, 2.05) is 32.9 Å². The molecule has 3 aromatic rings. The molecule has 0 atom stereocenters. The van der Waals surface area contributed by atoms with Crippen LogP contribution in [0.5, 0.6) is 0 Å². The van der Waals surface area contributed by atoms with Gasteiger partial charge in [0.25, 0.3) is 0 Å². The fraction of sp³-hybridized carbons (Fsp3) is 0.214. The Morgan fingerprint density at radius 3 is 2.58 bits per heavy atom. The average molecular weight is 253 g/mol. The summed E-state index contributed by atoms with van der Waals surface area (Å²) >= 11 is 0. The highest BCUT2D eigenvalue weighted by Gasteiger charge is 2.17. The van der Waals surface area contributed by atoms with Crippen molar-refractivity contribution in [2.24, 2.45) is 0 Å². The predicted molar refractivity (Wildman–Crippen MR) is 75.1 cm³/mol. The minimum Gasteiger partial charge on any atom is -0.338 e. The van der Waals surface area contributed by atoms with Crippen molar-refractivity contribution in [1.82, 2.24) is 19.6 Å². The van der Waals surface area contributed by atoms with E-state index in [9.17, 15) is 0 Å². The first-order valence-corrected chi connectivity index (χ1v) is 6.10. The number of pyridine rings is 1. The second kappa shape index (κ2) is 4.05. The average Bonchev–Trinajstić information content (AvgIpc) is 2.63. The molecule has 2 N–H and O–H groups in total. The van der Waals surface area contributed by atoms with Crippen LogP contribution in [0.4, 0.5) is 0 Å². The molecule has 0 radical (unpaired) electrons. The van der Waals surface area contributed by atoms with E-state index in [4.69, 9.17) is 5.84 Å². The molecule has 5 heteroatoms. The van der Waals surface area contributed by atoms with Crippen molar-refractivity contribution in [3.8, 4) is 11.4 Å². The van der Waals surface area contributed by atoms with E-state index in [-0.39, 0.29) is 0 Å². The maximum atomic E-state index is 6.22. The van der Waals surface area contributed by atoms with Gasteiger partial charge in [0, 0.05) is 23.0 Å². The maximum absolute atomic E-state index is 6.22. The number of nitrogens with zero attached hydrogens (tertiary/aromatic N) is 4. The van der Waals surface area contributed by atoms with Crippen LogP contribution in [0.3, 0.4) is 0 Å². The number of nitrogens with two attached hydrogens (primary N) is 1. The molecule has 3 heterocycles. The Labute approximate surface area is 111 Å². The normalized spacial score (nSPS) is 11.1. The number of nitrogen functional groups attached to an aromatic ring is 1. The summed E-state index contributed by atoms with van der Waals surface area (Å²) in [5.41, 5.74) is 5.72. The Morgan fingerprint density at radius 2 is 1.89 bits per heavy atom. The standard InChI is InChI=1S/C14H15N5/c1-8-6-11(18-7-17-8)14-9(2)13-10(3)16-5-4-12(13)19(14)15/h4-7H,15H2,1-3H3. The minimum atomic E-state index is 0.836. The molecule has 0 bridgehead atoms. The summed E-state index contributed by atoms with van der Waals surface area (Å²) in [6.45, 7) is 5.98. The van der Waals surface area contributed by atoms with Gasteiger partial charge >= 0.3 is 0 Å². The number of hydrogen-bond donors (Lipinski definition) is 1. The molecule has 5 nitrogen and oxygen atoms in total. The van der Waals surface area contributed by atoms with Crippen molar-refractivity contribution in [2.45, 2.75) is 20.8 Å². The van der Waals surface area contributed by atoms with Crippen molar-refractivity contribution < 1.29 is 0 Å². The highest BCUT2D eigenvalue weighted by Crippen LogP contribution is 2.31. The highest BCUT2D eigenvalue weighted by atomic mass is 15.3. The summed E-state index contributed by atoms with van der Waals surface area (Å²) < 4.78 is 1.68. The molecule has 0 spiro atoms. The van der Waals surface area contributed by atoms with Crippen molar-refractivity contribution in [1.29, 1.82) is 0 Å². The minimum absolute atomic E-state index is 0.836. The maximum Gasteiger partial charge on any atom is 0.116 e. The molecular formula is C14H15N5. The lowest BCUT2D eigenvalue weighted by molar-refractivity contribution is 1.03. The van der Waals surface area contributed by atoms with Crippen molar-refractivity contribution >= 4 is 10.9 Å². The fourth-order valence-electron chi connectivity index (χ4n) is 2.54. The van der Waals surface area contributed by atoms with E-state index in [2.05, 4.69) is 15.0 Å². The van der Waals surface area contributed by atoms with Gasteiger partial charge in [-0.1, -0.05) is 0 Å². The molecule has 0 unspecified atom stereocenters. The molecule has 0 amide bonds. The van der Waals surface area contributed by atoms with Gasteiger partial charge in [0.15, 0.2) is 0 Å². The lowest BCUT2D eigenvalue weighted by atomic mass is 10.1. The fourth-order valence-corrected chi connectivity index (χ4v) is 2.54. The number of aryl methyl sites for hydroxylation is 3. The summed E-state index contributed by atoms with van der Waals surface area (Å²) in [6.07, 6.45) is 3.34. The van der Waals surface area contributed by atoms with Crippen LogP contribution < -0.4 is 5.84 Å². The van der Waals surface area contributed by atoms with Crippen LogP contribution in [0.15, 0.2) is 24.7 Å². The smallest absolute Gasteiger partial charge is 0.116 e. The third-order valence-corrected chi connectivity index (χ3v) is 3.40. The molecule has 0 aliphatic rings. The van der Waals surface area contributed by atoms with Gasteiger partial charge in [-0.3, -0.25) is 9.66 Å². The van der Waals surface area contributed by atoms with E-state index in [1.165, 1.54) is 0 Å². The zero-order chi connectivity index (χ0) is 13.6. The van der Waals surface area contributed by atoms with Crippen LogP contribution in [0.25, 0.3) is 22.3 Å². The molecule has 19 heavy (non-hydrogen) atoms. The molecule has 0 saturated heterocycles. The van der Waals surface area contributed by atoms with Crippen LogP contribution in [0, 0.1) is 20.8 Å². The number of rotatable bonds is 1.